The van der Waals surface area contributed by atoms with E-state index in [2.05, 4.69) is 16.3 Å². The zero-order valence-corrected chi connectivity index (χ0v) is 11.9. The molecule has 0 aliphatic carbocycles. The molecule has 2 rings (SSSR count). The van der Waals surface area contributed by atoms with E-state index in [1.807, 2.05) is 24.5 Å². The SMILES string of the molecule is COc1cccc(CSc2nnc(CSC)o2)c1. The predicted molar refractivity (Wildman–Crippen MR) is 74.1 cm³/mol. The van der Waals surface area contributed by atoms with Gasteiger partial charge in [0.05, 0.1) is 12.9 Å². The van der Waals surface area contributed by atoms with Crippen LogP contribution in [0, 0.1) is 0 Å². The number of hydrogen-bond acceptors (Lipinski definition) is 6. The van der Waals surface area contributed by atoms with E-state index in [1.165, 1.54) is 17.3 Å². The van der Waals surface area contributed by atoms with Crippen LogP contribution in [0.25, 0.3) is 0 Å². The lowest BCUT2D eigenvalue weighted by Crippen LogP contribution is -1.85. The first-order chi connectivity index (χ1) is 8.81. The Bertz CT molecular complexity index is 502. The maximum atomic E-state index is 5.49. The van der Waals surface area contributed by atoms with Gasteiger partial charge in [-0.25, -0.2) is 0 Å². The highest BCUT2D eigenvalue weighted by Gasteiger charge is 2.06. The summed E-state index contributed by atoms with van der Waals surface area (Å²) < 4.78 is 10.7. The fourth-order valence-corrected chi connectivity index (χ4v) is 2.47. The molecule has 0 saturated carbocycles. The van der Waals surface area contributed by atoms with Gasteiger partial charge in [-0.1, -0.05) is 23.9 Å². The lowest BCUT2D eigenvalue weighted by Gasteiger charge is -2.02. The van der Waals surface area contributed by atoms with Gasteiger partial charge in [-0.15, -0.1) is 10.2 Å². The number of rotatable bonds is 6. The van der Waals surface area contributed by atoms with Gasteiger partial charge in [-0.2, -0.15) is 11.8 Å². The summed E-state index contributed by atoms with van der Waals surface area (Å²) >= 11 is 3.20. The van der Waals surface area contributed by atoms with Gasteiger partial charge in [0.25, 0.3) is 5.22 Å². The number of methoxy groups -OCH3 is 1. The average molecular weight is 282 g/mol. The molecule has 1 aromatic heterocycles. The van der Waals surface area contributed by atoms with Gasteiger partial charge in [0.2, 0.25) is 5.89 Å². The molecule has 2 aromatic rings. The first kappa shape index (κ1) is 13.3. The van der Waals surface area contributed by atoms with E-state index in [0.29, 0.717) is 11.1 Å². The molecule has 18 heavy (non-hydrogen) atoms. The smallest absolute Gasteiger partial charge is 0.276 e. The van der Waals surface area contributed by atoms with E-state index in [4.69, 9.17) is 9.15 Å². The summed E-state index contributed by atoms with van der Waals surface area (Å²) in [6, 6.07) is 7.96. The number of ether oxygens (including phenoxy) is 1. The molecule has 4 nitrogen and oxygen atoms in total. The van der Waals surface area contributed by atoms with Crippen molar-refractivity contribution in [3.63, 3.8) is 0 Å². The summed E-state index contributed by atoms with van der Waals surface area (Å²) in [7, 11) is 1.67. The third-order valence-electron chi connectivity index (χ3n) is 2.21. The van der Waals surface area contributed by atoms with Crippen LogP contribution in [0.3, 0.4) is 0 Å². The fourth-order valence-electron chi connectivity index (χ4n) is 1.39. The van der Waals surface area contributed by atoms with E-state index < -0.39 is 0 Å². The number of hydrogen-bond donors (Lipinski definition) is 0. The van der Waals surface area contributed by atoms with Crippen LogP contribution in [0.4, 0.5) is 0 Å². The zero-order valence-electron chi connectivity index (χ0n) is 10.3. The maximum Gasteiger partial charge on any atom is 0.276 e. The molecule has 0 saturated heterocycles. The minimum Gasteiger partial charge on any atom is -0.497 e. The van der Waals surface area contributed by atoms with Crippen LogP contribution in [-0.4, -0.2) is 23.6 Å². The number of thioether (sulfide) groups is 2. The second kappa shape index (κ2) is 6.70. The van der Waals surface area contributed by atoms with Crippen molar-refractivity contribution in [3.8, 4) is 5.75 Å². The van der Waals surface area contributed by atoms with E-state index in [1.54, 1.807) is 18.9 Å². The van der Waals surface area contributed by atoms with Crippen molar-refractivity contribution in [2.45, 2.75) is 16.7 Å². The van der Waals surface area contributed by atoms with Crippen molar-refractivity contribution in [2.75, 3.05) is 13.4 Å². The number of nitrogens with zero attached hydrogens (tertiary/aromatic N) is 2. The summed E-state index contributed by atoms with van der Waals surface area (Å²) in [5, 5.41) is 8.58. The molecule has 0 unspecified atom stereocenters. The molecule has 0 radical (unpaired) electrons. The molecule has 0 bridgehead atoms. The van der Waals surface area contributed by atoms with Gasteiger partial charge in [-0.3, -0.25) is 0 Å². The molecule has 0 amide bonds. The predicted octanol–water partition coefficient (Wildman–Crippen LogP) is 3.23. The summed E-state index contributed by atoms with van der Waals surface area (Å²) in [5.41, 5.74) is 1.17. The topological polar surface area (TPSA) is 48.2 Å². The molecular weight excluding hydrogens is 268 g/mol. The highest BCUT2D eigenvalue weighted by atomic mass is 32.2. The van der Waals surface area contributed by atoms with Crippen LogP contribution < -0.4 is 4.74 Å². The molecule has 1 heterocycles. The third kappa shape index (κ3) is 3.68. The second-order valence-electron chi connectivity index (χ2n) is 3.53. The standard InChI is InChI=1S/C12H14N2O2S2/c1-15-10-5-3-4-9(6-10)7-18-12-14-13-11(16-12)8-17-2/h3-6H,7-8H2,1-2H3. The molecule has 0 fully saturated rings. The molecule has 96 valence electrons. The number of benzene rings is 1. The van der Waals surface area contributed by atoms with Crippen LogP contribution in [-0.2, 0) is 11.5 Å². The molecule has 0 aliphatic rings. The Hall–Kier alpha value is -1.14. The van der Waals surface area contributed by atoms with Crippen LogP contribution >= 0.6 is 23.5 Å². The van der Waals surface area contributed by atoms with Gasteiger partial charge < -0.3 is 9.15 Å². The Morgan fingerprint density at radius 2 is 2.17 bits per heavy atom. The Morgan fingerprint density at radius 3 is 2.94 bits per heavy atom. The Morgan fingerprint density at radius 1 is 1.28 bits per heavy atom. The van der Waals surface area contributed by atoms with Crippen LogP contribution in [0.15, 0.2) is 33.9 Å². The van der Waals surface area contributed by atoms with E-state index in [9.17, 15) is 0 Å². The molecule has 6 heteroatoms. The third-order valence-corrected chi connectivity index (χ3v) is 3.64. The highest BCUT2D eigenvalue weighted by Crippen LogP contribution is 2.24. The normalized spacial score (nSPS) is 10.6. The van der Waals surface area contributed by atoms with Crippen molar-refractivity contribution in [3.05, 3.63) is 35.7 Å². The van der Waals surface area contributed by atoms with Gasteiger partial charge >= 0.3 is 0 Å². The van der Waals surface area contributed by atoms with E-state index in [-0.39, 0.29) is 0 Å². The first-order valence-corrected chi connectivity index (χ1v) is 7.77. The Kier molecular flexibility index (Phi) is 4.95. The van der Waals surface area contributed by atoms with Crippen molar-refractivity contribution in [1.82, 2.24) is 10.2 Å². The molecule has 0 aliphatic heterocycles. The van der Waals surface area contributed by atoms with E-state index >= 15 is 0 Å². The second-order valence-corrected chi connectivity index (χ2v) is 5.33. The zero-order chi connectivity index (χ0) is 12.8. The van der Waals surface area contributed by atoms with Crippen molar-refractivity contribution >= 4 is 23.5 Å². The summed E-state index contributed by atoms with van der Waals surface area (Å²) in [5.74, 6) is 3.09. The van der Waals surface area contributed by atoms with Gasteiger partial charge in [-0.05, 0) is 24.0 Å². The molecule has 1 aromatic carbocycles. The fraction of sp³-hybridized carbons (Fsp3) is 0.333. The van der Waals surface area contributed by atoms with Crippen molar-refractivity contribution < 1.29 is 9.15 Å². The molecule has 0 atom stereocenters. The molecule has 0 N–H and O–H groups in total. The van der Waals surface area contributed by atoms with Gasteiger partial charge in [0.1, 0.15) is 5.75 Å². The van der Waals surface area contributed by atoms with Crippen LogP contribution in [0.2, 0.25) is 0 Å². The monoisotopic (exact) mass is 282 g/mol. The van der Waals surface area contributed by atoms with Crippen LogP contribution in [0.1, 0.15) is 11.5 Å². The van der Waals surface area contributed by atoms with Gasteiger partial charge in [0.15, 0.2) is 0 Å². The first-order valence-electron chi connectivity index (χ1n) is 5.39. The maximum absolute atomic E-state index is 5.49. The number of aromatic nitrogens is 2. The van der Waals surface area contributed by atoms with Crippen molar-refractivity contribution in [2.24, 2.45) is 0 Å². The van der Waals surface area contributed by atoms with Crippen molar-refractivity contribution in [1.29, 1.82) is 0 Å². The lowest BCUT2D eigenvalue weighted by atomic mass is 10.2. The highest BCUT2D eigenvalue weighted by molar-refractivity contribution is 7.98. The summed E-state index contributed by atoms with van der Waals surface area (Å²) in [6.45, 7) is 0. The quantitative estimate of drug-likeness (QED) is 0.758. The largest absolute Gasteiger partial charge is 0.497 e. The molecule has 0 spiro atoms. The Labute approximate surface area is 115 Å². The van der Waals surface area contributed by atoms with E-state index in [0.717, 1.165) is 17.3 Å². The summed E-state index contributed by atoms with van der Waals surface area (Å²) in [4.78, 5) is 0. The van der Waals surface area contributed by atoms with Crippen LogP contribution in [0.5, 0.6) is 5.75 Å². The Balaban J connectivity index is 1.93. The minimum atomic E-state index is 0.613. The average Bonchev–Trinajstić information content (AvgIpc) is 2.85. The summed E-state index contributed by atoms with van der Waals surface area (Å²) in [6.07, 6.45) is 2.01. The minimum absolute atomic E-state index is 0.613. The molecular formula is C12H14N2O2S2. The van der Waals surface area contributed by atoms with Gasteiger partial charge in [0, 0.05) is 5.75 Å². The lowest BCUT2D eigenvalue weighted by molar-refractivity contribution is 0.414.